The molecule has 1 saturated heterocycles. The normalized spacial score (nSPS) is 16.7. The van der Waals surface area contributed by atoms with Gasteiger partial charge < -0.3 is 9.80 Å². The molecule has 1 aromatic carbocycles. The highest BCUT2D eigenvalue weighted by molar-refractivity contribution is 7.99. The average Bonchev–Trinajstić information content (AvgIpc) is 3.10. The van der Waals surface area contributed by atoms with E-state index in [1.54, 1.807) is 0 Å². The Labute approximate surface area is 182 Å². The Bertz CT molecular complexity index is 897. The van der Waals surface area contributed by atoms with E-state index in [1.165, 1.54) is 11.8 Å². The average molecular weight is 430 g/mol. The number of para-hydroxylation sites is 1. The summed E-state index contributed by atoms with van der Waals surface area (Å²) in [6.07, 6.45) is 2.53. The molecule has 2 heterocycles. The summed E-state index contributed by atoms with van der Waals surface area (Å²) in [5.74, 6) is 1.38. The molecule has 0 aliphatic carbocycles. The van der Waals surface area contributed by atoms with E-state index >= 15 is 0 Å². The second kappa shape index (κ2) is 10.1. The van der Waals surface area contributed by atoms with E-state index in [-0.39, 0.29) is 17.9 Å². The third-order valence-electron chi connectivity index (χ3n) is 5.52. The number of rotatable bonds is 7. The Balaban J connectivity index is 1.60. The maximum Gasteiger partial charge on any atom is 0.233 e. The van der Waals surface area contributed by atoms with Crippen molar-refractivity contribution in [3.8, 4) is 5.69 Å². The van der Waals surface area contributed by atoms with Crippen molar-refractivity contribution in [3.05, 3.63) is 35.7 Å². The Morgan fingerprint density at radius 2 is 1.90 bits per heavy atom. The van der Waals surface area contributed by atoms with Gasteiger partial charge in [-0.1, -0.05) is 43.3 Å². The Morgan fingerprint density at radius 1 is 1.13 bits per heavy atom. The van der Waals surface area contributed by atoms with Crippen LogP contribution in [0, 0.1) is 13.8 Å². The third-order valence-corrected chi connectivity index (χ3v) is 6.43. The number of carbonyl (C=O) groups excluding carboxylic acids is 2. The van der Waals surface area contributed by atoms with Gasteiger partial charge in [0.1, 0.15) is 5.82 Å². The van der Waals surface area contributed by atoms with Gasteiger partial charge in [-0.25, -0.2) is 0 Å². The molecule has 30 heavy (non-hydrogen) atoms. The zero-order chi connectivity index (χ0) is 21.7. The number of benzene rings is 1. The summed E-state index contributed by atoms with van der Waals surface area (Å²) >= 11 is 1.41. The van der Waals surface area contributed by atoms with Crippen molar-refractivity contribution in [2.45, 2.75) is 58.2 Å². The minimum absolute atomic E-state index is 0.0509. The van der Waals surface area contributed by atoms with E-state index in [4.69, 9.17) is 0 Å². The highest BCUT2D eigenvalue weighted by Gasteiger charge is 2.29. The standard InChI is InChI=1S/C22H31N5O2S/c1-5-6-11-20(28)26-13-12-25(14-17(26)3)21(29)15-30-22-24-23-18(4)27(22)19-10-8-7-9-16(19)2/h7-10,17H,5-6,11-15H2,1-4H3. The Hall–Kier alpha value is -2.35. The highest BCUT2D eigenvalue weighted by atomic mass is 32.2. The molecule has 8 heteroatoms. The van der Waals surface area contributed by atoms with Crippen molar-refractivity contribution in [2.24, 2.45) is 0 Å². The SMILES string of the molecule is CCCCC(=O)N1CCN(C(=O)CSc2nnc(C)n2-c2ccccc2C)CC1C. The van der Waals surface area contributed by atoms with E-state index in [2.05, 4.69) is 30.1 Å². The van der Waals surface area contributed by atoms with Crippen LogP contribution in [0.2, 0.25) is 0 Å². The van der Waals surface area contributed by atoms with Crippen LogP contribution in [0.15, 0.2) is 29.4 Å². The number of thioether (sulfide) groups is 1. The second-order valence-electron chi connectivity index (χ2n) is 7.82. The number of aromatic nitrogens is 3. The van der Waals surface area contributed by atoms with E-state index < -0.39 is 0 Å². The topological polar surface area (TPSA) is 71.3 Å². The molecular weight excluding hydrogens is 398 g/mol. The van der Waals surface area contributed by atoms with Gasteiger partial charge in [0.25, 0.3) is 0 Å². The molecule has 0 radical (unpaired) electrons. The fourth-order valence-electron chi connectivity index (χ4n) is 3.77. The van der Waals surface area contributed by atoms with Gasteiger partial charge in [0.15, 0.2) is 5.16 Å². The summed E-state index contributed by atoms with van der Waals surface area (Å²) in [4.78, 5) is 29.0. The van der Waals surface area contributed by atoms with Crippen molar-refractivity contribution < 1.29 is 9.59 Å². The van der Waals surface area contributed by atoms with Gasteiger partial charge >= 0.3 is 0 Å². The summed E-state index contributed by atoms with van der Waals surface area (Å²) in [5.41, 5.74) is 2.16. The van der Waals surface area contributed by atoms with Crippen molar-refractivity contribution in [1.82, 2.24) is 24.6 Å². The molecule has 0 saturated carbocycles. The maximum absolute atomic E-state index is 12.8. The first kappa shape index (κ1) is 22.3. The van der Waals surface area contributed by atoms with Crippen molar-refractivity contribution in [2.75, 3.05) is 25.4 Å². The van der Waals surface area contributed by atoms with E-state index in [9.17, 15) is 9.59 Å². The van der Waals surface area contributed by atoms with E-state index in [0.29, 0.717) is 31.8 Å². The number of aryl methyl sites for hydroxylation is 2. The second-order valence-corrected chi connectivity index (χ2v) is 8.76. The lowest BCUT2D eigenvalue weighted by Gasteiger charge is -2.40. The maximum atomic E-state index is 12.8. The van der Waals surface area contributed by atoms with Crippen LogP contribution >= 0.6 is 11.8 Å². The van der Waals surface area contributed by atoms with Crippen LogP contribution in [0.1, 0.15) is 44.5 Å². The minimum atomic E-state index is 0.0509. The van der Waals surface area contributed by atoms with Gasteiger partial charge in [-0.05, 0) is 38.8 Å². The first-order chi connectivity index (χ1) is 14.4. The fraction of sp³-hybridized carbons (Fsp3) is 0.545. The quantitative estimate of drug-likeness (QED) is 0.632. The highest BCUT2D eigenvalue weighted by Crippen LogP contribution is 2.24. The van der Waals surface area contributed by atoms with Crippen molar-refractivity contribution in [3.63, 3.8) is 0 Å². The first-order valence-corrected chi connectivity index (χ1v) is 11.6. The molecule has 1 fully saturated rings. The zero-order valence-electron chi connectivity index (χ0n) is 18.3. The summed E-state index contributed by atoms with van der Waals surface area (Å²) in [6, 6.07) is 8.13. The number of amides is 2. The summed E-state index contributed by atoms with van der Waals surface area (Å²) < 4.78 is 2.00. The Morgan fingerprint density at radius 3 is 2.60 bits per heavy atom. The molecule has 1 unspecified atom stereocenters. The van der Waals surface area contributed by atoms with Gasteiger partial charge in [-0.2, -0.15) is 0 Å². The molecule has 3 rings (SSSR count). The molecule has 1 atom stereocenters. The molecule has 1 aromatic heterocycles. The van der Waals surface area contributed by atoms with Gasteiger partial charge in [0.05, 0.1) is 11.4 Å². The summed E-state index contributed by atoms with van der Waals surface area (Å²) in [6.45, 7) is 9.87. The molecular formula is C22H31N5O2S. The smallest absolute Gasteiger partial charge is 0.233 e. The van der Waals surface area contributed by atoms with Gasteiger partial charge in [-0.15, -0.1) is 10.2 Å². The lowest BCUT2D eigenvalue weighted by atomic mass is 10.1. The first-order valence-electron chi connectivity index (χ1n) is 10.6. The van der Waals surface area contributed by atoms with Crippen LogP contribution in [-0.2, 0) is 9.59 Å². The van der Waals surface area contributed by atoms with Crippen LogP contribution in [0.5, 0.6) is 0 Å². The zero-order valence-corrected chi connectivity index (χ0v) is 19.1. The monoisotopic (exact) mass is 429 g/mol. The number of hydrogen-bond acceptors (Lipinski definition) is 5. The molecule has 0 bridgehead atoms. The van der Waals surface area contributed by atoms with Gasteiger partial charge in [0, 0.05) is 32.1 Å². The predicted molar refractivity (Wildman–Crippen MR) is 119 cm³/mol. The number of hydrogen-bond donors (Lipinski definition) is 0. The molecule has 162 valence electrons. The van der Waals surface area contributed by atoms with Crippen LogP contribution in [0.4, 0.5) is 0 Å². The molecule has 1 aliphatic heterocycles. The van der Waals surface area contributed by atoms with Gasteiger partial charge in [-0.3, -0.25) is 14.2 Å². The fourth-order valence-corrected chi connectivity index (χ4v) is 4.67. The largest absolute Gasteiger partial charge is 0.338 e. The van der Waals surface area contributed by atoms with E-state index in [0.717, 1.165) is 35.1 Å². The number of carbonyl (C=O) groups is 2. The van der Waals surface area contributed by atoms with Crippen LogP contribution in [0.3, 0.4) is 0 Å². The van der Waals surface area contributed by atoms with Crippen LogP contribution < -0.4 is 0 Å². The lowest BCUT2D eigenvalue weighted by molar-refractivity contribution is -0.141. The number of unbranched alkanes of at least 4 members (excludes halogenated alkanes) is 1. The Kier molecular flexibility index (Phi) is 7.53. The van der Waals surface area contributed by atoms with Gasteiger partial charge in [0.2, 0.25) is 11.8 Å². The molecule has 2 amide bonds. The molecule has 0 N–H and O–H groups in total. The lowest BCUT2D eigenvalue weighted by Crippen LogP contribution is -2.55. The molecule has 0 spiro atoms. The summed E-state index contributed by atoms with van der Waals surface area (Å²) in [7, 11) is 0. The third kappa shape index (κ3) is 5.03. The minimum Gasteiger partial charge on any atom is -0.338 e. The molecule has 1 aliphatic rings. The van der Waals surface area contributed by atoms with Crippen molar-refractivity contribution in [1.29, 1.82) is 0 Å². The van der Waals surface area contributed by atoms with Crippen LogP contribution in [0.25, 0.3) is 5.69 Å². The number of nitrogens with zero attached hydrogens (tertiary/aromatic N) is 5. The predicted octanol–water partition coefficient (Wildman–Crippen LogP) is 3.23. The van der Waals surface area contributed by atoms with Crippen LogP contribution in [-0.4, -0.2) is 67.8 Å². The summed E-state index contributed by atoms with van der Waals surface area (Å²) in [5, 5.41) is 9.21. The molecule has 7 nitrogen and oxygen atoms in total. The van der Waals surface area contributed by atoms with Crippen molar-refractivity contribution >= 4 is 23.6 Å². The molecule has 2 aromatic rings. The number of piperazine rings is 1. The van der Waals surface area contributed by atoms with E-state index in [1.807, 2.05) is 46.4 Å².